The highest BCUT2D eigenvalue weighted by atomic mass is 35.5. The third-order valence-electron chi connectivity index (χ3n) is 2.91. The predicted octanol–water partition coefficient (Wildman–Crippen LogP) is 4.89. The number of nitrogens with zero attached hydrogens (tertiary/aromatic N) is 1. The summed E-state index contributed by atoms with van der Waals surface area (Å²) in [4.78, 5) is 0. The Bertz CT molecular complexity index is 478. The van der Waals surface area contributed by atoms with Gasteiger partial charge in [-0.05, 0) is 49.7 Å². The second-order valence-corrected chi connectivity index (χ2v) is 5.47. The maximum absolute atomic E-state index is 6.08. The summed E-state index contributed by atoms with van der Waals surface area (Å²) in [7, 11) is 0. The minimum absolute atomic E-state index is 0.486. The van der Waals surface area contributed by atoms with Crippen molar-refractivity contribution in [1.82, 2.24) is 5.43 Å². The zero-order chi connectivity index (χ0) is 15.0. The molecule has 5 heteroatoms. The van der Waals surface area contributed by atoms with Gasteiger partial charge in [-0.25, -0.2) is 0 Å². The van der Waals surface area contributed by atoms with Crippen LogP contribution in [-0.4, -0.2) is 10.8 Å². The molecule has 0 fully saturated rings. The number of halogens is 1. The van der Waals surface area contributed by atoms with E-state index < -0.39 is 0 Å². The molecule has 1 rings (SSSR count). The van der Waals surface area contributed by atoms with Gasteiger partial charge in [0.2, 0.25) is 0 Å². The Morgan fingerprint density at radius 2 is 1.90 bits per heavy atom. The molecule has 110 valence electrons. The Morgan fingerprint density at radius 1 is 1.25 bits per heavy atom. The Balaban J connectivity index is 2.63. The smallest absolute Gasteiger partial charge is 0.191 e. The fourth-order valence-electron chi connectivity index (χ4n) is 1.84. The first-order valence-corrected chi connectivity index (χ1v) is 7.74. The van der Waals surface area contributed by atoms with Crippen molar-refractivity contribution in [3.8, 4) is 0 Å². The van der Waals surface area contributed by atoms with Crippen LogP contribution in [0.2, 0.25) is 5.02 Å². The molecule has 0 unspecified atom stereocenters. The van der Waals surface area contributed by atoms with Crippen molar-refractivity contribution in [1.29, 1.82) is 0 Å². The average Bonchev–Trinajstić information content (AvgIpc) is 2.42. The lowest BCUT2D eigenvalue weighted by molar-refractivity contribution is 0.884. The van der Waals surface area contributed by atoms with E-state index in [1.807, 2.05) is 25.1 Å². The summed E-state index contributed by atoms with van der Waals surface area (Å²) in [6.07, 6.45) is 4.18. The quantitative estimate of drug-likeness (QED) is 0.446. The standard InChI is InChI=1S/C15H22ClN3S/c1-4-7-12(8-5-2)18-19-15(20)17-14-10-6-9-13(16)11(14)3/h6,9-10H,4-5,7-8H2,1-3H3,(H2,17,19,20). The summed E-state index contributed by atoms with van der Waals surface area (Å²) >= 11 is 11.3. The van der Waals surface area contributed by atoms with E-state index in [1.54, 1.807) is 0 Å². The number of hydrogen-bond donors (Lipinski definition) is 2. The molecule has 0 aliphatic heterocycles. The van der Waals surface area contributed by atoms with Crippen molar-refractivity contribution in [2.24, 2.45) is 5.10 Å². The van der Waals surface area contributed by atoms with Crippen LogP contribution in [0.4, 0.5) is 5.69 Å². The highest BCUT2D eigenvalue weighted by molar-refractivity contribution is 7.80. The van der Waals surface area contributed by atoms with Gasteiger partial charge in [0.1, 0.15) is 0 Å². The number of anilines is 1. The summed E-state index contributed by atoms with van der Waals surface area (Å²) < 4.78 is 0. The van der Waals surface area contributed by atoms with Crippen LogP contribution in [0.1, 0.15) is 45.1 Å². The maximum Gasteiger partial charge on any atom is 0.191 e. The summed E-state index contributed by atoms with van der Waals surface area (Å²) in [6, 6.07) is 5.69. The van der Waals surface area contributed by atoms with Crippen LogP contribution in [-0.2, 0) is 0 Å². The van der Waals surface area contributed by atoms with E-state index in [4.69, 9.17) is 23.8 Å². The molecule has 2 N–H and O–H groups in total. The highest BCUT2D eigenvalue weighted by Crippen LogP contribution is 2.22. The lowest BCUT2D eigenvalue weighted by Gasteiger charge is -2.12. The molecular weight excluding hydrogens is 290 g/mol. The molecule has 0 aliphatic rings. The second kappa shape index (κ2) is 8.93. The number of hydrogen-bond acceptors (Lipinski definition) is 2. The van der Waals surface area contributed by atoms with E-state index >= 15 is 0 Å². The molecule has 0 aromatic heterocycles. The SMILES string of the molecule is CCCC(CCC)=NNC(=S)Nc1cccc(Cl)c1C. The van der Waals surface area contributed by atoms with Crippen LogP contribution >= 0.6 is 23.8 Å². The van der Waals surface area contributed by atoms with Crippen molar-refractivity contribution < 1.29 is 0 Å². The highest BCUT2D eigenvalue weighted by Gasteiger charge is 2.04. The number of hydrazone groups is 1. The predicted molar refractivity (Wildman–Crippen MR) is 92.8 cm³/mol. The van der Waals surface area contributed by atoms with Gasteiger partial charge in [0.15, 0.2) is 5.11 Å². The van der Waals surface area contributed by atoms with E-state index in [1.165, 1.54) is 0 Å². The second-order valence-electron chi connectivity index (χ2n) is 4.66. The Labute approximate surface area is 131 Å². The van der Waals surface area contributed by atoms with Crippen LogP contribution in [0.3, 0.4) is 0 Å². The van der Waals surface area contributed by atoms with Gasteiger partial charge in [-0.3, -0.25) is 5.43 Å². The number of thiocarbonyl (C=S) groups is 1. The molecular formula is C15H22ClN3S. The largest absolute Gasteiger partial charge is 0.331 e. The molecule has 0 saturated heterocycles. The molecule has 0 radical (unpaired) electrons. The lowest BCUT2D eigenvalue weighted by Crippen LogP contribution is -2.25. The van der Waals surface area contributed by atoms with E-state index in [9.17, 15) is 0 Å². The first-order chi connectivity index (χ1) is 9.58. The van der Waals surface area contributed by atoms with Crippen molar-refractivity contribution in [3.63, 3.8) is 0 Å². The van der Waals surface area contributed by atoms with Gasteiger partial charge in [-0.15, -0.1) is 0 Å². The van der Waals surface area contributed by atoms with Crippen LogP contribution < -0.4 is 10.7 Å². The van der Waals surface area contributed by atoms with Crippen LogP contribution in [0.15, 0.2) is 23.3 Å². The van der Waals surface area contributed by atoms with Crippen LogP contribution in [0.5, 0.6) is 0 Å². The van der Waals surface area contributed by atoms with Gasteiger partial charge in [0.05, 0.1) is 0 Å². The Morgan fingerprint density at radius 3 is 2.50 bits per heavy atom. The van der Waals surface area contributed by atoms with Gasteiger partial charge in [-0.2, -0.15) is 5.10 Å². The maximum atomic E-state index is 6.08. The third-order valence-corrected chi connectivity index (χ3v) is 3.51. The van der Waals surface area contributed by atoms with Gasteiger partial charge < -0.3 is 5.32 Å². The van der Waals surface area contributed by atoms with E-state index in [0.717, 1.165) is 47.7 Å². The summed E-state index contributed by atoms with van der Waals surface area (Å²) in [5.74, 6) is 0. The minimum Gasteiger partial charge on any atom is -0.331 e. The molecule has 20 heavy (non-hydrogen) atoms. The minimum atomic E-state index is 0.486. The lowest BCUT2D eigenvalue weighted by atomic mass is 10.1. The summed E-state index contributed by atoms with van der Waals surface area (Å²) in [5.41, 5.74) is 5.94. The molecule has 0 spiro atoms. The topological polar surface area (TPSA) is 36.4 Å². The first kappa shape index (κ1) is 16.9. The van der Waals surface area contributed by atoms with E-state index in [0.29, 0.717) is 5.11 Å². The molecule has 0 atom stereocenters. The van der Waals surface area contributed by atoms with E-state index in [2.05, 4.69) is 29.7 Å². The van der Waals surface area contributed by atoms with Crippen molar-refractivity contribution in [2.45, 2.75) is 46.5 Å². The average molecular weight is 312 g/mol. The van der Waals surface area contributed by atoms with E-state index in [-0.39, 0.29) is 0 Å². The molecule has 0 saturated carbocycles. The first-order valence-electron chi connectivity index (χ1n) is 6.96. The van der Waals surface area contributed by atoms with Crippen molar-refractivity contribution >= 4 is 40.3 Å². The fraction of sp³-hybridized carbons (Fsp3) is 0.467. The van der Waals surface area contributed by atoms with Gasteiger partial charge in [-0.1, -0.05) is 44.4 Å². The zero-order valence-electron chi connectivity index (χ0n) is 12.3. The monoisotopic (exact) mass is 311 g/mol. The molecule has 0 amide bonds. The van der Waals surface area contributed by atoms with Gasteiger partial charge in [0, 0.05) is 16.4 Å². The number of nitrogens with one attached hydrogen (secondary N) is 2. The summed E-state index contributed by atoms with van der Waals surface area (Å²) in [6.45, 7) is 6.25. The Hall–Kier alpha value is -1.13. The van der Waals surface area contributed by atoms with Gasteiger partial charge >= 0.3 is 0 Å². The number of benzene rings is 1. The van der Waals surface area contributed by atoms with Crippen molar-refractivity contribution in [2.75, 3.05) is 5.32 Å². The van der Waals surface area contributed by atoms with Gasteiger partial charge in [0.25, 0.3) is 0 Å². The molecule has 1 aromatic carbocycles. The number of rotatable bonds is 6. The normalized spacial score (nSPS) is 10.0. The molecule has 3 nitrogen and oxygen atoms in total. The zero-order valence-corrected chi connectivity index (χ0v) is 13.9. The van der Waals surface area contributed by atoms with Crippen molar-refractivity contribution in [3.05, 3.63) is 28.8 Å². The Kier molecular flexibility index (Phi) is 7.55. The van der Waals surface area contributed by atoms with Crippen LogP contribution in [0, 0.1) is 6.92 Å². The third kappa shape index (κ3) is 5.47. The molecule has 0 aliphatic carbocycles. The summed E-state index contributed by atoms with van der Waals surface area (Å²) in [5, 5.41) is 8.71. The molecule has 1 aromatic rings. The molecule has 0 heterocycles. The molecule has 0 bridgehead atoms. The van der Waals surface area contributed by atoms with Crippen LogP contribution in [0.25, 0.3) is 0 Å². The fourth-order valence-corrected chi connectivity index (χ4v) is 2.17.